The molecule has 1 rings (SSSR count). The number of carbonyl (C=O) groups excluding carboxylic acids is 1. The Morgan fingerprint density at radius 1 is 1.45 bits per heavy atom. The minimum absolute atomic E-state index is 0.0721. The maximum Gasteiger partial charge on any atom is 0.351 e. The number of nitrogens with two attached hydrogens (primary N) is 1. The molecule has 0 spiro atoms. The Morgan fingerprint density at radius 3 is 2.70 bits per heavy atom. The van der Waals surface area contributed by atoms with Crippen LogP contribution in [0.1, 0.15) is 12.8 Å². The normalized spacial score (nSPS) is 18.4. The zero-order chi connectivity index (χ0) is 15.1. The monoisotopic (exact) mass is 281 g/mol. The van der Waals surface area contributed by atoms with Crippen LogP contribution in [0.4, 0.5) is 0 Å². The van der Waals surface area contributed by atoms with Crippen molar-refractivity contribution < 1.29 is 24.6 Å². The van der Waals surface area contributed by atoms with Crippen LogP contribution in [0.5, 0.6) is 0 Å². The van der Waals surface area contributed by atoms with Crippen LogP contribution in [-0.4, -0.2) is 46.9 Å². The minimum atomic E-state index is -1.24. The van der Waals surface area contributed by atoms with E-state index in [0.717, 1.165) is 0 Å². The van der Waals surface area contributed by atoms with E-state index >= 15 is 0 Å². The third-order valence-corrected chi connectivity index (χ3v) is 2.52. The molecule has 20 heavy (non-hydrogen) atoms. The Hall–Kier alpha value is -2.64. The van der Waals surface area contributed by atoms with Crippen molar-refractivity contribution in [2.45, 2.75) is 18.9 Å². The summed E-state index contributed by atoms with van der Waals surface area (Å²) in [5.41, 5.74) is 5.70. The van der Waals surface area contributed by atoms with Crippen LogP contribution < -0.4 is 11.1 Å². The summed E-state index contributed by atoms with van der Waals surface area (Å²) in [4.78, 5) is 36.0. The number of hydrogen-bond donors (Lipinski definition) is 4. The molecule has 1 amide bonds. The lowest BCUT2D eigenvalue weighted by Gasteiger charge is -2.13. The Morgan fingerprint density at radius 2 is 2.15 bits per heavy atom. The topological polar surface area (TPSA) is 142 Å². The van der Waals surface area contributed by atoms with Crippen LogP contribution in [0.15, 0.2) is 28.4 Å². The van der Waals surface area contributed by atoms with E-state index in [9.17, 15) is 14.4 Å². The molecule has 1 atom stereocenters. The van der Waals surface area contributed by atoms with Gasteiger partial charge in [-0.2, -0.15) is 0 Å². The maximum atomic E-state index is 10.8. The van der Waals surface area contributed by atoms with Gasteiger partial charge in [0.05, 0.1) is 6.42 Å². The number of carbonyl (C=O) groups is 3. The van der Waals surface area contributed by atoms with Gasteiger partial charge in [-0.1, -0.05) is 0 Å². The summed E-state index contributed by atoms with van der Waals surface area (Å²) in [5, 5.41) is 20.4. The Balaban J connectivity index is 2.76. The first-order valence-corrected chi connectivity index (χ1v) is 5.82. The molecule has 0 saturated carbocycles. The zero-order valence-electron chi connectivity index (χ0n) is 10.6. The van der Waals surface area contributed by atoms with Gasteiger partial charge in [0.25, 0.3) is 0 Å². The molecule has 8 heteroatoms. The number of primary amides is 1. The summed E-state index contributed by atoms with van der Waals surface area (Å²) in [6, 6.07) is -1.23. The second kappa shape index (κ2) is 7.07. The summed E-state index contributed by atoms with van der Waals surface area (Å²) < 4.78 is 0. The van der Waals surface area contributed by atoms with Crippen LogP contribution in [-0.2, 0) is 14.4 Å². The Labute approximate surface area is 114 Å². The molecule has 8 nitrogen and oxygen atoms in total. The number of aliphatic imine (C=N–C) groups is 1. The predicted molar refractivity (Wildman–Crippen MR) is 70.1 cm³/mol. The van der Waals surface area contributed by atoms with E-state index in [1.165, 1.54) is 18.4 Å². The molecule has 0 saturated heterocycles. The van der Waals surface area contributed by atoms with E-state index in [4.69, 9.17) is 15.9 Å². The highest BCUT2D eigenvalue weighted by molar-refractivity contribution is 5.88. The van der Waals surface area contributed by atoms with Gasteiger partial charge in [0, 0.05) is 12.8 Å². The van der Waals surface area contributed by atoms with Crippen molar-refractivity contribution in [3.63, 3.8) is 0 Å². The molecule has 0 aliphatic carbocycles. The van der Waals surface area contributed by atoms with Crippen LogP contribution in [0, 0.1) is 0 Å². The first-order chi connectivity index (χ1) is 9.40. The predicted octanol–water partition coefficient (Wildman–Crippen LogP) is -0.726. The molecule has 0 radical (unpaired) electrons. The molecule has 1 aliphatic heterocycles. The summed E-state index contributed by atoms with van der Waals surface area (Å²) in [7, 11) is 0. The van der Waals surface area contributed by atoms with Crippen LogP contribution in [0.25, 0.3) is 0 Å². The maximum absolute atomic E-state index is 10.8. The molecule has 1 heterocycles. The van der Waals surface area contributed by atoms with Gasteiger partial charge in [0.2, 0.25) is 5.91 Å². The molecule has 0 bridgehead atoms. The number of amides is 1. The first kappa shape index (κ1) is 15.4. The summed E-state index contributed by atoms with van der Waals surface area (Å²) >= 11 is 0. The van der Waals surface area contributed by atoms with Crippen LogP contribution in [0.3, 0.4) is 0 Å². The molecular formula is C12H15N3O5. The van der Waals surface area contributed by atoms with Gasteiger partial charge in [0.15, 0.2) is 6.04 Å². The fourth-order valence-electron chi connectivity index (χ4n) is 1.56. The average Bonchev–Trinajstić information content (AvgIpc) is 2.37. The van der Waals surface area contributed by atoms with E-state index in [1.54, 1.807) is 0 Å². The molecular weight excluding hydrogens is 266 g/mol. The fraction of sp³-hybridized carbons (Fsp3) is 0.333. The molecule has 1 unspecified atom stereocenters. The average molecular weight is 281 g/mol. The van der Waals surface area contributed by atoms with Gasteiger partial charge in [0.1, 0.15) is 5.70 Å². The second-order valence-electron chi connectivity index (χ2n) is 4.10. The van der Waals surface area contributed by atoms with E-state index in [0.29, 0.717) is 18.5 Å². The van der Waals surface area contributed by atoms with Gasteiger partial charge in [-0.25, -0.2) is 9.59 Å². The minimum Gasteiger partial charge on any atom is -0.480 e. The molecule has 0 fully saturated rings. The van der Waals surface area contributed by atoms with E-state index in [2.05, 4.69) is 10.3 Å². The van der Waals surface area contributed by atoms with E-state index in [1.807, 2.05) is 0 Å². The van der Waals surface area contributed by atoms with Gasteiger partial charge in [-0.15, -0.1) is 0 Å². The van der Waals surface area contributed by atoms with Gasteiger partial charge in [-0.3, -0.25) is 9.79 Å². The largest absolute Gasteiger partial charge is 0.480 e. The molecule has 108 valence electrons. The van der Waals surface area contributed by atoms with E-state index in [-0.39, 0.29) is 12.1 Å². The highest BCUT2D eigenvalue weighted by atomic mass is 16.4. The lowest BCUT2D eigenvalue weighted by atomic mass is 10.1. The van der Waals surface area contributed by atoms with Crippen molar-refractivity contribution in [3.05, 3.63) is 23.4 Å². The van der Waals surface area contributed by atoms with E-state index < -0.39 is 23.9 Å². The van der Waals surface area contributed by atoms with Crippen molar-refractivity contribution in [3.8, 4) is 0 Å². The van der Waals surface area contributed by atoms with Crippen molar-refractivity contribution in [2.75, 3.05) is 6.54 Å². The Kier molecular flexibility index (Phi) is 5.45. The highest BCUT2D eigenvalue weighted by Gasteiger charge is 2.17. The van der Waals surface area contributed by atoms with Crippen molar-refractivity contribution in [1.82, 2.24) is 5.32 Å². The van der Waals surface area contributed by atoms with Gasteiger partial charge >= 0.3 is 11.9 Å². The molecule has 0 aromatic carbocycles. The number of carboxylic acids is 2. The number of allylic oxidation sites excluding steroid dienone is 2. The van der Waals surface area contributed by atoms with Crippen molar-refractivity contribution in [2.24, 2.45) is 10.7 Å². The molecule has 1 aliphatic rings. The van der Waals surface area contributed by atoms with Crippen molar-refractivity contribution >= 4 is 24.1 Å². The van der Waals surface area contributed by atoms with Gasteiger partial charge in [-0.05, 0) is 24.1 Å². The first-order valence-electron chi connectivity index (χ1n) is 5.82. The number of nitrogens with zero attached hydrogens (tertiary/aromatic N) is 1. The number of rotatable bonds is 6. The second-order valence-corrected chi connectivity index (χ2v) is 4.10. The number of hydrogen-bond acceptors (Lipinski definition) is 5. The molecule has 5 N–H and O–H groups in total. The van der Waals surface area contributed by atoms with Gasteiger partial charge < -0.3 is 21.3 Å². The number of carboxylic acid groups (broad SMARTS) is 2. The Bertz CT molecular complexity index is 507. The van der Waals surface area contributed by atoms with Crippen LogP contribution in [0.2, 0.25) is 0 Å². The van der Waals surface area contributed by atoms with Crippen molar-refractivity contribution in [1.29, 1.82) is 0 Å². The zero-order valence-corrected chi connectivity index (χ0v) is 10.6. The molecule has 0 aromatic rings. The third-order valence-electron chi connectivity index (χ3n) is 2.52. The lowest BCUT2D eigenvalue weighted by molar-refractivity contribution is -0.140. The highest BCUT2D eigenvalue weighted by Crippen LogP contribution is 2.10. The quantitative estimate of drug-likeness (QED) is 0.473. The molecule has 0 aromatic heterocycles. The summed E-state index contributed by atoms with van der Waals surface area (Å²) in [6.45, 7) is 0.474. The smallest absolute Gasteiger partial charge is 0.351 e. The third kappa shape index (κ3) is 4.92. The standard InChI is InChI=1S/C12H15N3O5/c13-10(16)6-9(12(19)20)15-4-2-7-1-3-14-8(5-7)11(17)18/h2,4-5,9,14H,1,3,6H2,(H2,13,16)(H,17,18)(H,19,20). The summed E-state index contributed by atoms with van der Waals surface area (Å²) in [5.74, 6) is -3.06. The number of aliphatic carboxylic acids is 2. The van der Waals surface area contributed by atoms with Crippen LogP contribution >= 0.6 is 0 Å². The fourth-order valence-corrected chi connectivity index (χ4v) is 1.56. The lowest BCUT2D eigenvalue weighted by Crippen LogP contribution is -2.26. The summed E-state index contributed by atoms with van der Waals surface area (Å²) in [6.07, 6.45) is 4.42. The number of nitrogens with one attached hydrogen (secondary N) is 1. The SMILES string of the molecule is NC(=O)CC(N=CC=C1C=C(C(=O)O)NCC1)C(=O)O.